The van der Waals surface area contributed by atoms with E-state index in [1.54, 1.807) is 0 Å². The van der Waals surface area contributed by atoms with E-state index in [2.05, 4.69) is 80.7 Å². The quantitative estimate of drug-likeness (QED) is 0.287. The number of nitrogens with zero attached hydrogens (tertiary/aromatic N) is 2. The number of rotatable bonds is 3. The molecule has 3 heteroatoms. The maximum Gasteiger partial charge on any atom is 0.227 e. The van der Waals surface area contributed by atoms with Gasteiger partial charge in [-0.1, -0.05) is 55.7 Å². The van der Waals surface area contributed by atoms with E-state index in [4.69, 9.17) is 14.4 Å². The molecule has 0 amide bonds. The largest absolute Gasteiger partial charge is 0.437 e. The van der Waals surface area contributed by atoms with Crippen molar-refractivity contribution in [1.29, 1.82) is 0 Å². The fraction of sp³-hybridized carbons (Fsp3) is 0.267. The number of aromatic nitrogens is 2. The van der Waals surface area contributed by atoms with Crippen LogP contribution in [0.2, 0.25) is 0 Å². The highest BCUT2D eigenvalue weighted by Crippen LogP contribution is 2.37. The molecular weight excluding hydrogens is 404 g/mol. The Morgan fingerprint density at radius 2 is 1.52 bits per heavy atom. The Kier molecular flexibility index (Phi) is 4.98. The summed E-state index contributed by atoms with van der Waals surface area (Å²) in [4.78, 5) is 9.78. The summed E-state index contributed by atoms with van der Waals surface area (Å²) in [6.45, 7) is 4.27. The van der Waals surface area contributed by atoms with Crippen molar-refractivity contribution in [1.82, 2.24) is 9.97 Å². The van der Waals surface area contributed by atoms with Gasteiger partial charge in [0.2, 0.25) is 5.71 Å². The van der Waals surface area contributed by atoms with Crippen LogP contribution in [0.3, 0.4) is 0 Å². The average molecular weight is 433 g/mol. The third kappa shape index (κ3) is 3.52. The fourth-order valence-corrected chi connectivity index (χ4v) is 5.48. The Bertz CT molecular complexity index is 1440. The lowest BCUT2D eigenvalue weighted by atomic mass is 9.85. The van der Waals surface area contributed by atoms with Gasteiger partial charge in [-0.2, -0.15) is 0 Å². The molecule has 0 bridgehead atoms. The molecule has 1 fully saturated rings. The molecule has 0 N–H and O–H groups in total. The van der Waals surface area contributed by atoms with Crippen LogP contribution in [0.4, 0.5) is 0 Å². The van der Waals surface area contributed by atoms with Gasteiger partial charge < -0.3 is 4.42 Å². The molecule has 0 unspecified atom stereocenters. The zero-order chi connectivity index (χ0) is 22.4. The van der Waals surface area contributed by atoms with Gasteiger partial charge >= 0.3 is 0 Å². The van der Waals surface area contributed by atoms with Gasteiger partial charge in [0.1, 0.15) is 5.58 Å². The molecule has 3 heterocycles. The second-order valence-corrected chi connectivity index (χ2v) is 9.41. The Balaban J connectivity index is 1.43. The molecule has 0 saturated heterocycles. The summed E-state index contributed by atoms with van der Waals surface area (Å²) >= 11 is 0. The summed E-state index contributed by atoms with van der Waals surface area (Å²) in [6, 6.07) is 21.3. The van der Waals surface area contributed by atoms with E-state index >= 15 is 0 Å². The molecule has 1 aliphatic carbocycles. The van der Waals surface area contributed by atoms with Crippen molar-refractivity contribution in [2.45, 2.75) is 51.9 Å². The molecule has 3 nitrogen and oxygen atoms in total. The third-order valence-electron chi connectivity index (χ3n) is 7.24. The SMILES string of the molecule is Cc1cccc(C)c1-c1ccc2c(n1)oc1c(-c3ccc(C4CCCCC4)cn3)cccc12. The van der Waals surface area contributed by atoms with E-state index < -0.39 is 0 Å². The van der Waals surface area contributed by atoms with Crippen LogP contribution in [0.5, 0.6) is 0 Å². The van der Waals surface area contributed by atoms with Crippen LogP contribution < -0.4 is 0 Å². The molecule has 0 spiro atoms. The molecule has 164 valence electrons. The second kappa shape index (κ2) is 8.15. The van der Waals surface area contributed by atoms with Gasteiger partial charge in [0.15, 0.2) is 0 Å². The highest BCUT2D eigenvalue weighted by atomic mass is 16.3. The van der Waals surface area contributed by atoms with Crippen LogP contribution in [0.15, 0.2) is 71.3 Å². The second-order valence-electron chi connectivity index (χ2n) is 9.41. The molecule has 6 rings (SSSR count). The summed E-state index contributed by atoms with van der Waals surface area (Å²) in [5.74, 6) is 0.662. The first-order chi connectivity index (χ1) is 16.2. The molecule has 0 aliphatic heterocycles. The van der Waals surface area contributed by atoms with E-state index in [1.807, 2.05) is 0 Å². The zero-order valence-electron chi connectivity index (χ0n) is 19.3. The molecule has 0 atom stereocenters. The van der Waals surface area contributed by atoms with Crippen LogP contribution in [0.25, 0.3) is 44.6 Å². The number of hydrogen-bond donors (Lipinski definition) is 0. The number of aryl methyl sites for hydroxylation is 2. The van der Waals surface area contributed by atoms with Gasteiger partial charge in [-0.15, -0.1) is 0 Å². The summed E-state index contributed by atoms with van der Waals surface area (Å²) in [6.07, 6.45) is 8.69. The fourth-order valence-electron chi connectivity index (χ4n) is 5.48. The van der Waals surface area contributed by atoms with E-state index in [-0.39, 0.29) is 0 Å². The van der Waals surface area contributed by atoms with Crippen LogP contribution in [-0.2, 0) is 0 Å². The molecule has 2 aromatic carbocycles. The van der Waals surface area contributed by atoms with Crippen LogP contribution in [0, 0.1) is 13.8 Å². The lowest BCUT2D eigenvalue weighted by molar-refractivity contribution is 0.443. The van der Waals surface area contributed by atoms with Crippen molar-refractivity contribution in [2.24, 2.45) is 0 Å². The molecule has 33 heavy (non-hydrogen) atoms. The number of hydrogen-bond acceptors (Lipinski definition) is 3. The number of para-hydroxylation sites is 1. The summed E-state index contributed by atoms with van der Waals surface area (Å²) < 4.78 is 6.38. The van der Waals surface area contributed by atoms with Crippen molar-refractivity contribution in [3.8, 4) is 22.5 Å². The molecular formula is C30H28N2O. The first-order valence-electron chi connectivity index (χ1n) is 12.0. The average Bonchev–Trinajstić information content (AvgIpc) is 3.23. The molecule has 1 saturated carbocycles. The Labute approximate surface area is 194 Å². The maximum atomic E-state index is 6.38. The van der Waals surface area contributed by atoms with Gasteiger partial charge in [-0.3, -0.25) is 4.98 Å². The van der Waals surface area contributed by atoms with E-state index in [9.17, 15) is 0 Å². The van der Waals surface area contributed by atoms with Crippen LogP contribution in [0.1, 0.15) is 54.7 Å². The predicted molar refractivity (Wildman–Crippen MR) is 135 cm³/mol. The minimum Gasteiger partial charge on any atom is -0.437 e. The van der Waals surface area contributed by atoms with Gasteiger partial charge in [-0.25, -0.2) is 4.98 Å². The van der Waals surface area contributed by atoms with E-state index in [0.29, 0.717) is 11.6 Å². The first kappa shape index (κ1) is 20.2. The van der Waals surface area contributed by atoms with Gasteiger partial charge in [0.05, 0.1) is 11.4 Å². The number of benzene rings is 2. The predicted octanol–water partition coefficient (Wildman–Crippen LogP) is 8.37. The zero-order valence-corrected chi connectivity index (χ0v) is 19.3. The highest BCUT2D eigenvalue weighted by Gasteiger charge is 2.18. The summed E-state index contributed by atoms with van der Waals surface area (Å²) in [5.41, 5.74) is 9.46. The smallest absolute Gasteiger partial charge is 0.227 e. The van der Waals surface area contributed by atoms with Gasteiger partial charge in [-0.05, 0) is 73.6 Å². The molecule has 1 aliphatic rings. The Hall–Kier alpha value is -3.46. The van der Waals surface area contributed by atoms with Crippen molar-refractivity contribution in [3.05, 3.63) is 83.6 Å². The number of furan rings is 1. The Morgan fingerprint density at radius 3 is 2.27 bits per heavy atom. The van der Waals surface area contributed by atoms with Crippen molar-refractivity contribution < 1.29 is 4.42 Å². The van der Waals surface area contributed by atoms with E-state index in [0.717, 1.165) is 33.3 Å². The lowest BCUT2D eigenvalue weighted by Gasteiger charge is -2.21. The van der Waals surface area contributed by atoms with Crippen molar-refractivity contribution >= 4 is 22.1 Å². The van der Waals surface area contributed by atoms with Gasteiger partial charge in [0, 0.05) is 28.1 Å². The summed E-state index contributed by atoms with van der Waals surface area (Å²) in [5, 5.41) is 2.13. The van der Waals surface area contributed by atoms with Crippen molar-refractivity contribution in [3.63, 3.8) is 0 Å². The Morgan fingerprint density at radius 1 is 0.758 bits per heavy atom. The monoisotopic (exact) mass is 432 g/mol. The first-order valence-corrected chi connectivity index (χ1v) is 12.0. The topological polar surface area (TPSA) is 38.9 Å². The summed E-state index contributed by atoms with van der Waals surface area (Å²) in [7, 11) is 0. The number of fused-ring (bicyclic) bond motifs is 3. The highest BCUT2D eigenvalue weighted by molar-refractivity contribution is 6.08. The normalized spacial score (nSPS) is 14.8. The molecule has 5 aromatic rings. The van der Waals surface area contributed by atoms with Crippen LogP contribution >= 0.6 is 0 Å². The minimum absolute atomic E-state index is 0.662. The van der Waals surface area contributed by atoms with Crippen molar-refractivity contribution in [2.75, 3.05) is 0 Å². The van der Waals surface area contributed by atoms with Crippen LogP contribution in [-0.4, -0.2) is 9.97 Å². The standard InChI is InChI=1S/C30H28N2O/c1-19-8-6-9-20(2)28(19)27-17-15-24-23-12-7-13-25(29(23)33-30(24)32-27)26-16-14-22(18-31-26)21-10-4-3-5-11-21/h6-9,12-18,21H,3-5,10-11H2,1-2H3. The van der Waals surface area contributed by atoms with E-state index in [1.165, 1.54) is 54.4 Å². The maximum absolute atomic E-state index is 6.38. The third-order valence-corrected chi connectivity index (χ3v) is 7.24. The lowest BCUT2D eigenvalue weighted by Crippen LogP contribution is -2.04. The minimum atomic E-state index is 0.662. The number of pyridine rings is 2. The molecule has 0 radical (unpaired) electrons. The van der Waals surface area contributed by atoms with Gasteiger partial charge in [0.25, 0.3) is 0 Å². The molecule has 3 aromatic heterocycles.